The summed E-state index contributed by atoms with van der Waals surface area (Å²) in [5.41, 5.74) is 5.63. The first kappa shape index (κ1) is 16.2. The number of ether oxygens (including phenoxy) is 1. The molecule has 19 heavy (non-hydrogen) atoms. The minimum absolute atomic E-state index is 0.456. The van der Waals surface area contributed by atoms with Crippen LogP contribution in [0.3, 0.4) is 0 Å². The van der Waals surface area contributed by atoms with E-state index in [0.29, 0.717) is 10.6 Å². The summed E-state index contributed by atoms with van der Waals surface area (Å²) in [6.45, 7) is 5.18. The van der Waals surface area contributed by atoms with Gasteiger partial charge >= 0.3 is 6.09 Å². The number of rotatable bonds is 1. The first-order valence-corrected chi connectivity index (χ1v) is 8.52. The van der Waals surface area contributed by atoms with Crippen LogP contribution in [0.15, 0.2) is 27.5 Å². The third-order valence-corrected chi connectivity index (χ3v) is 4.61. The van der Waals surface area contributed by atoms with E-state index in [4.69, 9.17) is 10.5 Å². The third kappa shape index (κ3) is 4.98. The first-order chi connectivity index (χ1) is 8.51. The number of benzene rings is 1. The van der Waals surface area contributed by atoms with Crippen LogP contribution < -0.4 is 5.73 Å². The van der Waals surface area contributed by atoms with Crippen LogP contribution in [0.5, 0.6) is 0 Å². The van der Waals surface area contributed by atoms with Crippen molar-refractivity contribution in [3.63, 3.8) is 0 Å². The number of anilines is 1. The minimum atomic E-state index is -2.83. The molecule has 2 N–H and O–H groups in total. The largest absolute Gasteiger partial charge is 0.442 e. The van der Waals surface area contributed by atoms with Crippen LogP contribution in [-0.2, 0) is 14.5 Å². The number of halogens is 1. The molecule has 0 aliphatic rings. The maximum absolute atomic E-state index is 12.4. The Labute approximate surface area is 127 Å². The topological polar surface area (TPSA) is 81.8 Å². The quantitative estimate of drug-likeness (QED) is 0.584. The van der Waals surface area contributed by atoms with Gasteiger partial charge in [0.15, 0.2) is 0 Å². The molecule has 1 rings (SSSR count). The van der Waals surface area contributed by atoms with Gasteiger partial charge in [-0.05, 0) is 61.6 Å². The van der Waals surface area contributed by atoms with Crippen LogP contribution >= 0.6 is 22.6 Å². The molecule has 1 unspecified atom stereocenters. The number of carbonyl (C=O) groups excluding carboxylic acids is 1. The van der Waals surface area contributed by atoms with E-state index in [0.717, 1.165) is 3.57 Å². The van der Waals surface area contributed by atoms with Gasteiger partial charge < -0.3 is 10.5 Å². The van der Waals surface area contributed by atoms with Crippen molar-refractivity contribution in [2.24, 2.45) is 4.36 Å². The highest BCUT2D eigenvalue weighted by molar-refractivity contribution is 14.1. The van der Waals surface area contributed by atoms with Crippen molar-refractivity contribution in [3.05, 3.63) is 21.8 Å². The molecule has 1 amide bonds. The Balaban J connectivity index is 3.12. The lowest BCUT2D eigenvalue weighted by Crippen LogP contribution is -2.22. The molecule has 0 bridgehead atoms. The second kappa shape index (κ2) is 5.66. The first-order valence-electron chi connectivity index (χ1n) is 5.51. The van der Waals surface area contributed by atoms with E-state index in [2.05, 4.69) is 4.36 Å². The van der Waals surface area contributed by atoms with E-state index in [-0.39, 0.29) is 0 Å². The smallest absolute Gasteiger partial charge is 0.442 e. The van der Waals surface area contributed by atoms with Crippen molar-refractivity contribution in [1.82, 2.24) is 0 Å². The Bertz CT molecular complexity index is 614. The molecule has 0 saturated heterocycles. The van der Waals surface area contributed by atoms with Gasteiger partial charge in [-0.3, -0.25) is 0 Å². The average molecular weight is 396 g/mol. The molecule has 0 saturated carbocycles. The van der Waals surface area contributed by atoms with Crippen molar-refractivity contribution in [2.45, 2.75) is 31.3 Å². The molecule has 0 aromatic heterocycles. The fourth-order valence-electron chi connectivity index (χ4n) is 1.22. The SMILES string of the molecule is CC(C)(C)OC(=O)N=S(C)(=O)c1ccc(N)c(I)c1. The standard InChI is InChI=1S/C12H17IN2O3S/c1-12(2,3)18-11(16)15-19(4,17)8-5-6-10(14)9(13)7-8/h5-7H,14H2,1-4H3. The molecule has 1 atom stereocenters. The summed E-state index contributed by atoms with van der Waals surface area (Å²) < 4.78 is 21.9. The zero-order valence-corrected chi connectivity index (χ0v) is 14.2. The van der Waals surface area contributed by atoms with Crippen LogP contribution in [0.2, 0.25) is 0 Å². The fraction of sp³-hybridized carbons (Fsp3) is 0.417. The summed E-state index contributed by atoms with van der Waals surface area (Å²) in [4.78, 5) is 12.1. The monoisotopic (exact) mass is 396 g/mol. The molecular weight excluding hydrogens is 379 g/mol. The maximum atomic E-state index is 12.4. The number of hydrogen-bond donors (Lipinski definition) is 1. The normalized spacial score (nSPS) is 14.6. The highest BCUT2D eigenvalue weighted by Gasteiger charge is 2.18. The van der Waals surface area contributed by atoms with E-state index in [1.165, 1.54) is 6.26 Å². The molecule has 1 aromatic carbocycles. The maximum Gasteiger partial charge on any atom is 0.442 e. The van der Waals surface area contributed by atoms with Crippen molar-refractivity contribution >= 4 is 44.1 Å². The summed E-state index contributed by atoms with van der Waals surface area (Å²) in [6.07, 6.45) is 0.574. The molecule has 0 spiro atoms. The molecule has 1 aromatic rings. The number of nitrogens with zero attached hydrogens (tertiary/aromatic N) is 1. The highest BCUT2D eigenvalue weighted by atomic mass is 127. The predicted octanol–water partition coefficient (Wildman–Crippen LogP) is 3.27. The summed E-state index contributed by atoms with van der Waals surface area (Å²) in [6, 6.07) is 4.91. The molecule has 7 heteroatoms. The summed E-state index contributed by atoms with van der Waals surface area (Å²) in [5.74, 6) is 0. The zero-order chi connectivity index (χ0) is 14.8. The van der Waals surface area contributed by atoms with Crippen LogP contribution in [0, 0.1) is 3.57 Å². The predicted molar refractivity (Wildman–Crippen MR) is 84.6 cm³/mol. The average Bonchev–Trinajstić information content (AvgIpc) is 2.17. The molecule has 0 radical (unpaired) electrons. The lowest BCUT2D eigenvalue weighted by Gasteiger charge is -2.17. The van der Waals surface area contributed by atoms with Gasteiger partial charge in [0.25, 0.3) is 0 Å². The van der Waals surface area contributed by atoms with Crippen LogP contribution in [0.1, 0.15) is 20.8 Å². The Kier molecular flexibility index (Phi) is 4.83. The van der Waals surface area contributed by atoms with Crippen molar-refractivity contribution < 1.29 is 13.7 Å². The van der Waals surface area contributed by atoms with Gasteiger partial charge in [-0.2, -0.15) is 0 Å². The van der Waals surface area contributed by atoms with Gasteiger partial charge in [-0.1, -0.05) is 0 Å². The minimum Gasteiger partial charge on any atom is -0.442 e. The fourth-order valence-corrected chi connectivity index (χ4v) is 3.03. The lowest BCUT2D eigenvalue weighted by atomic mass is 10.2. The van der Waals surface area contributed by atoms with Gasteiger partial charge in [0, 0.05) is 20.4 Å². The van der Waals surface area contributed by atoms with Crippen molar-refractivity contribution in [2.75, 3.05) is 12.0 Å². The van der Waals surface area contributed by atoms with Crippen molar-refractivity contribution in [1.29, 1.82) is 0 Å². The Morgan fingerprint density at radius 1 is 1.42 bits per heavy atom. The second-order valence-corrected chi connectivity index (χ2v) is 8.48. The molecule has 106 valence electrons. The molecule has 0 heterocycles. The second-order valence-electron chi connectivity index (χ2n) is 5.06. The van der Waals surface area contributed by atoms with Gasteiger partial charge in [0.1, 0.15) is 5.60 Å². The number of nitrogen functional groups attached to an aromatic ring is 1. The number of nitrogens with two attached hydrogens (primary N) is 1. The third-order valence-electron chi connectivity index (χ3n) is 2.05. The summed E-state index contributed by atoms with van der Waals surface area (Å²) in [5, 5.41) is 0. The Morgan fingerprint density at radius 2 is 2.00 bits per heavy atom. The van der Waals surface area contributed by atoms with Crippen molar-refractivity contribution in [3.8, 4) is 0 Å². The molecule has 0 aliphatic heterocycles. The Morgan fingerprint density at radius 3 is 2.47 bits per heavy atom. The molecule has 5 nitrogen and oxygen atoms in total. The molecule has 0 aliphatic carbocycles. The van der Waals surface area contributed by atoms with Gasteiger partial charge in [0.2, 0.25) is 0 Å². The van der Waals surface area contributed by atoms with Crippen LogP contribution in [-0.4, -0.2) is 22.2 Å². The summed E-state index contributed by atoms with van der Waals surface area (Å²) in [7, 11) is -2.83. The van der Waals surface area contributed by atoms with E-state index >= 15 is 0 Å². The van der Waals surface area contributed by atoms with E-state index in [1.54, 1.807) is 39.0 Å². The van der Waals surface area contributed by atoms with Gasteiger partial charge in [0.05, 0.1) is 9.73 Å². The number of amides is 1. The zero-order valence-electron chi connectivity index (χ0n) is 11.3. The van der Waals surface area contributed by atoms with Crippen LogP contribution in [0.4, 0.5) is 10.5 Å². The van der Waals surface area contributed by atoms with Crippen LogP contribution in [0.25, 0.3) is 0 Å². The van der Waals surface area contributed by atoms with E-state index < -0.39 is 21.4 Å². The molecule has 0 fully saturated rings. The van der Waals surface area contributed by atoms with E-state index in [9.17, 15) is 9.00 Å². The number of carbonyl (C=O) groups is 1. The molecular formula is C12H17IN2O3S. The number of hydrogen-bond acceptors (Lipinski definition) is 4. The van der Waals surface area contributed by atoms with Gasteiger partial charge in [-0.25, -0.2) is 9.00 Å². The lowest BCUT2D eigenvalue weighted by molar-refractivity contribution is 0.0607. The Hall–Kier alpha value is -0.830. The highest BCUT2D eigenvalue weighted by Crippen LogP contribution is 2.21. The summed E-state index contributed by atoms with van der Waals surface area (Å²) >= 11 is 2.04. The van der Waals surface area contributed by atoms with E-state index in [1.807, 2.05) is 22.6 Å². The van der Waals surface area contributed by atoms with Gasteiger partial charge in [-0.15, -0.1) is 4.36 Å².